The van der Waals surface area contributed by atoms with E-state index in [4.69, 9.17) is 9.84 Å². The molecule has 2 aliphatic rings. The summed E-state index contributed by atoms with van der Waals surface area (Å²) in [6.45, 7) is 5.03. The molecule has 0 aliphatic carbocycles. The number of rotatable bonds is 4. The van der Waals surface area contributed by atoms with Gasteiger partial charge in [0.1, 0.15) is 0 Å². The summed E-state index contributed by atoms with van der Waals surface area (Å²) < 4.78 is 5.48. The van der Waals surface area contributed by atoms with Gasteiger partial charge in [0.05, 0.1) is 19.1 Å². The van der Waals surface area contributed by atoms with Crippen molar-refractivity contribution in [1.29, 1.82) is 0 Å². The number of hydrogen-bond donors (Lipinski definition) is 1. The maximum absolute atomic E-state index is 12.0. The fraction of sp³-hybridized carbons (Fsp3) is 0.917. The van der Waals surface area contributed by atoms with E-state index >= 15 is 0 Å². The maximum Gasteiger partial charge on any atom is 0.225 e. The van der Waals surface area contributed by atoms with Gasteiger partial charge in [-0.15, -0.1) is 0 Å². The predicted octanol–water partition coefficient (Wildman–Crippen LogP) is -0.308. The number of aliphatic hydroxyl groups is 1. The molecular weight excluding hydrogens is 220 g/mol. The molecular formula is C12H22N2O3. The van der Waals surface area contributed by atoms with Gasteiger partial charge in [-0.3, -0.25) is 9.69 Å². The van der Waals surface area contributed by atoms with E-state index in [2.05, 4.69) is 4.90 Å². The van der Waals surface area contributed by atoms with Gasteiger partial charge in [-0.1, -0.05) is 0 Å². The van der Waals surface area contributed by atoms with Crippen LogP contribution in [0, 0.1) is 0 Å². The molecule has 0 saturated carbocycles. The van der Waals surface area contributed by atoms with Crippen molar-refractivity contribution in [3.05, 3.63) is 0 Å². The molecule has 0 aromatic heterocycles. The Balaban J connectivity index is 1.70. The first-order valence-electron chi connectivity index (χ1n) is 6.52. The molecule has 98 valence electrons. The summed E-state index contributed by atoms with van der Waals surface area (Å²) in [4.78, 5) is 16.1. The van der Waals surface area contributed by atoms with Gasteiger partial charge >= 0.3 is 0 Å². The Morgan fingerprint density at radius 2 is 2.06 bits per heavy atom. The number of carbonyl (C=O) groups excluding carboxylic acids is 1. The summed E-state index contributed by atoms with van der Waals surface area (Å²) in [6.07, 6.45) is 2.80. The van der Waals surface area contributed by atoms with Crippen molar-refractivity contribution in [2.24, 2.45) is 0 Å². The zero-order valence-corrected chi connectivity index (χ0v) is 10.3. The second-order valence-electron chi connectivity index (χ2n) is 4.79. The first-order valence-corrected chi connectivity index (χ1v) is 6.52. The van der Waals surface area contributed by atoms with E-state index in [1.807, 2.05) is 4.90 Å². The van der Waals surface area contributed by atoms with Crippen molar-refractivity contribution in [3.8, 4) is 0 Å². The van der Waals surface area contributed by atoms with Crippen molar-refractivity contribution in [3.63, 3.8) is 0 Å². The standard InChI is InChI=1S/C12H22N2O3/c15-8-7-13-3-5-14(6-4-13)12(16)10-11-2-1-9-17-11/h11,15H,1-10H2. The fourth-order valence-corrected chi connectivity index (χ4v) is 2.49. The quantitative estimate of drug-likeness (QED) is 0.735. The van der Waals surface area contributed by atoms with Crippen LogP contribution >= 0.6 is 0 Å². The number of amides is 1. The summed E-state index contributed by atoms with van der Waals surface area (Å²) in [5, 5.41) is 8.84. The second-order valence-corrected chi connectivity index (χ2v) is 4.79. The number of ether oxygens (including phenoxy) is 1. The molecule has 5 heteroatoms. The molecule has 1 atom stereocenters. The Morgan fingerprint density at radius 3 is 2.65 bits per heavy atom. The molecule has 17 heavy (non-hydrogen) atoms. The van der Waals surface area contributed by atoms with Gasteiger partial charge in [0.15, 0.2) is 0 Å². The van der Waals surface area contributed by atoms with E-state index in [1.165, 1.54) is 0 Å². The summed E-state index contributed by atoms with van der Waals surface area (Å²) >= 11 is 0. The molecule has 2 heterocycles. The topological polar surface area (TPSA) is 53.0 Å². The van der Waals surface area contributed by atoms with Gasteiger partial charge in [0.2, 0.25) is 5.91 Å². The van der Waals surface area contributed by atoms with Crippen LogP contribution in [0.15, 0.2) is 0 Å². The minimum Gasteiger partial charge on any atom is -0.395 e. The summed E-state index contributed by atoms with van der Waals surface area (Å²) in [7, 11) is 0. The van der Waals surface area contributed by atoms with E-state index in [0.717, 1.165) is 45.6 Å². The van der Waals surface area contributed by atoms with Crippen LogP contribution in [0.5, 0.6) is 0 Å². The number of hydrogen-bond acceptors (Lipinski definition) is 4. The monoisotopic (exact) mass is 242 g/mol. The molecule has 2 fully saturated rings. The SMILES string of the molecule is O=C(CC1CCCO1)N1CCN(CCO)CC1. The van der Waals surface area contributed by atoms with Crippen LogP contribution < -0.4 is 0 Å². The highest BCUT2D eigenvalue weighted by molar-refractivity contribution is 5.76. The summed E-state index contributed by atoms with van der Waals surface area (Å²) in [6, 6.07) is 0. The highest BCUT2D eigenvalue weighted by atomic mass is 16.5. The van der Waals surface area contributed by atoms with Gasteiger partial charge in [0, 0.05) is 39.3 Å². The highest BCUT2D eigenvalue weighted by Gasteiger charge is 2.25. The molecule has 0 aromatic carbocycles. The number of aliphatic hydroxyl groups excluding tert-OH is 1. The minimum atomic E-state index is 0.151. The lowest BCUT2D eigenvalue weighted by Crippen LogP contribution is -2.49. The third-order valence-corrected chi connectivity index (χ3v) is 3.57. The number of carbonyl (C=O) groups is 1. The zero-order valence-electron chi connectivity index (χ0n) is 10.3. The van der Waals surface area contributed by atoms with Crippen molar-refractivity contribution in [2.75, 3.05) is 45.9 Å². The van der Waals surface area contributed by atoms with E-state index < -0.39 is 0 Å². The van der Waals surface area contributed by atoms with Crippen LogP contribution in [0.2, 0.25) is 0 Å². The third kappa shape index (κ3) is 3.66. The summed E-state index contributed by atoms with van der Waals surface area (Å²) in [5.74, 6) is 0.223. The average molecular weight is 242 g/mol. The van der Waals surface area contributed by atoms with Gasteiger partial charge in [-0.2, -0.15) is 0 Å². The molecule has 2 rings (SSSR count). The number of β-amino-alcohol motifs (C(OH)–C–C–N with tert-alkyl or cyclic N) is 1. The third-order valence-electron chi connectivity index (χ3n) is 3.57. The fourth-order valence-electron chi connectivity index (χ4n) is 2.49. The second kappa shape index (κ2) is 6.33. The van der Waals surface area contributed by atoms with Crippen LogP contribution in [0.25, 0.3) is 0 Å². The van der Waals surface area contributed by atoms with Gasteiger partial charge in [-0.05, 0) is 12.8 Å². The zero-order chi connectivity index (χ0) is 12.1. The van der Waals surface area contributed by atoms with E-state index in [-0.39, 0.29) is 18.6 Å². The lowest BCUT2D eigenvalue weighted by Gasteiger charge is -2.34. The number of piperazine rings is 1. The maximum atomic E-state index is 12.0. The lowest BCUT2D eigenvalue weighted by molar-refractivity contribution is -0.135. The highest BCUT2D eigenvalue weighted by Crippen LogP contribution is 2.16. The van der Waals surface area contributed by atoms with E-state index in [9.17, 15) is 4.79 Å². The Hall–Kier alpha value is -0.650. The Labute approximate surface area is 102 Å². The molecule has 2 saturated heterocycles. The van der Waals surface area contributed by atoms with Gasteiger partial charge in [0.25, 0.3) is 0 Å². The summed E-state index contributed by atoms with van der Waals surface area (Å²) in [5.41, 5.74) is 0. The molecule has 1 amide bonds. The normalized spacial score (nSPS) is 26.4. The van der Waals surface area contributed by atoms with Crippen LogP contribution in [-0.2, 0) is 9.53 Å². The Bertz CT molecular complexity index is 246. The molecule has 1 unspecified atom stereocenters. The smallest absolute Gasteiger partial charge is 0.225 e. The molecule has 0 spiro atoms. The largest absolute Gasteiger partial charge is 0.395 e. The Kier molecular flexibility index (Phi) is 4.76. The van der Waals surface area contributed by atoms with Crippen LogP contribution in [0.3, 0.4) is 0 Å². The molecule has 0 radical (unpaired) electrons. The lowest BCUT2D eigenvalue weighted by atomic mass is 10.1. The van der Waals surface area contributed by atoms with Crippen LogP contribution in [-0.4, -0.2) is 72.9 Å². The predicted molar refractivity (Wildman–Crippen MR) is 63.7 cm³/mol. The number of nitrogens with zero attached hydrogens (tertiary/aromatic N) is 2. The van der Waals surface area contributed by atoms with Crippen LogP contribution in [0.4, 0.5) is 0 Å². The first-order chi connectivity index (χ1) is 8.29. The molecule has 0 bridgehead atoms. The first kappa shape index (κ1) is 12.8. The van der Waals surface area contributed by atoms with Crippen molar-refractivity contribution >= 4 is 5.91 Å². The van der Waals surface area contributed by atoms with Gasteiger partial charge in [-0.25, -0.2) is 0 Å². The van der Waals surface area contributed by atoms with Crippen LogP contribution in [0.1, 0.15) is 19.3 Å². The van der Waals surface area contributed by atoms with Crippen molar-refractivity contribution in [2.45, 2.75) is 25.4 Å². The molecule has 5 nitrogen and oxygen atoms in total. The molecule has 0 aromatic rings. The molecule has 1 N–H and O–H groups in total. The average Bonchev–Trinajstić information content (AvgIpc) is 2.83. The van der Waals surface area contributed by atoms with Crippen molar-refractivity contribution in [1.82, 2.24) is 9.80 Å². The van der Waals surface area contributed by atoms with Gasteiger partial charge < -0.3 is 14.7 Å². The molecule has 2 aliphatic heterocycles. The minimum absolute atomic E-state index is 0.151. The Morgan fingerprint density at radius 1 is 1.29 bits per heavy atom. The van der Waals surface area contributed by atoms with E-state index in [0.29, 0.717) is 13.0 Å². The van der Waals surface area contributed by atoms with Crippen molar-refractivity contribution < 1.29 is 14.6 Å². The van der Waals surface area contributed by atoms with E-state index in [1.54, 1.807) is 0 Å².